The fourth-order valence-electron chi connectivity index (χ4n) is 2.74. The molecule has 0 radical (unpaired) electrons. The van der Waals surface area contributed by atoms with Crippen molar-refractivity contribution >= 4 is 5.96 Å². The first-order chi connectivity index (χ1) is 10.8. The molecule has 1 aromatic rings. The maximum Gasteiger partial charge on any atom is 0.191 e. The van der Waals surface area contributed by atoms with E-state index in [0.29, 0.717) is 18.6 Å². The summed E-state index contributed by atoms with van der Waals surface area (Å²) >= 11 is 0. The zero-order valence-electron chi connectivity index (χ0n) is 13.8. The maximum absolute atomic E-state index is 5.78. The van der Waals surface area contributed by atoms with E-state index in [1.807, 2.05) is 25.2 Å². The highest BCUT2D eigenvalue weighted by Crippen LogP contribution is 2.17. The van der Waals surface area contributed by atoms with Crippen LogP contribution >= 0.6 is 0 Å². The number of aliphatic imine (C=N–C) groups is 1. The van der Waals surface area contributed by atoms with Gasteiger partial charge in [-0.3, -0.25) is 4.99 Å². The Hall–Kier alpha value is -1.55. The first-order valence-corrected chi connectivity index (χ1v) is 8.36. The molecule has 1 aliphatic rings. The Bertz CT molecular complexity index is 441. The molecule has 1 aromatic carbocycles. The van der Waals surface area contributed by atoms with Gasteiger partial charge in [0.2, 0.25) is 0 Å². The van der Waals surface area contributed by atoms with Crippen molar-refractivity contribution in [1.82, 2.24) is 10.6 Å². The number of hydrogen-bond acceptors (Lipinski definition) is 2. The van der Waals surface area contributed by atoms with Crippen LogP contribution in [0.15, 0.2) is 35.3 Å². The largest absolute Gasteiger partial charge is 0.376 e. The van der Waals surface area contributed by atoms with E-state index in [2.05, 4.69) is 34.7 Å². The van der Waals surface area contributed by atoms with E-state index >= 15 is 0 Å². The highest BCUT2D eigenvalue weighted by atomic mass is 16.5. The summed E-state index contributed by atoms with van der Waals surface area (Å²) in [6, 6.07) is 10.9. The van der Waals surface area contributed by atoms with Gasteiger partial charge in [-0.15, -0.1) is 0 Å². The van der Waals surface area contributed by atoms with Crippen LogP contribution in [-0.4, -0.2) is 32.2 Å². The Labute approximate surface area is 134 Å². The molecule has 4 heteroatoms. The molecular weight excluding hydrogens is 274 g/mol. The minimum Gasteiger partial charge on any atom is -0.376 e. The van der Waals surface area contributed by atoms with Crippen molar-refractivity contribution in [1.29, 1.82) is 0 Å². The van der Waals surface area contributed by atoms with Gasteiger partial charge in [0.15, 0.2) is 5.96 Å². The van der Waals surface area contributed by atoms with E-state index in [0.717, 1.165) is 19.1 Å². The van der Waals surface area contributed by atoms with Gasteiger partial charge in [-0.1, -0.05) is 50.1 Å². The molecule has 2 rings (SSSR count). The second-order valence-electron chi connectivity index (χ2n) is 6.18. The van der Waals surface area contributed by atoms with E-state index in [9.17, 15) is 0 Å². The van der Waals surface area contributed by atoms with Crippen LogP contribution in [0.1, 0.15) is 38.2 Å². The number of hydrogen-bond donors (Lipinski definition) is 2. The zero-order chi connectivity index (χ0) is 15.6. The van der Waals surface area contributed by atoms with Gasteiger partial charge in [0.1, 0.15) is 0 Å². The third-order valence-corrected chi connectivity index (χ3v) is 4.05. The molecule has 1 saturated carbocycles. The van der Waals surface area contributed by atoms with Crippen molar-refractivity contribution in [3.63, 3.8) is 0 Å². The fourth-order valence-corrected chi connectivity index (χ4v) is 2.74. The topological polar surface area (TPSA) is 45.7 Å². The van der Waals surface area contributed by atoms with Crippen LogP contribution in [0.4, 0.5) is 0 Å². The number of nitrogens with one attached hydrogen (secondary N) is 2. The van der Waals surface area contributed by atoms with Gasteiger partial charge >= 0.3 is 0 Å². The lowest BCUT2D eigenvalue weighted by Crippen LogP contribution is -2.44. The van der Waals surface area contributed by atoms with Crippen LogP contribution in [0.25, 0.3) is 0 Å². The fraction of sp³-hybridized carbons (Fsp3) is 0.611. The SMILES string of the molecule is CN=C(NCC(C)COCc1ccccc1)NC1CCCC1. The van der Waals surface area contributed by atoms with Crippen LogP contribution in [0.2, 0.25) is 0 Å². The Balaban J connectivity index is 1.60. The van der Waals surface area contributed by atoms with Crippen molar-refractivity contribution in [2.45, 2.75) is 45.3 Å². The minimum absolute atomic E-state index is 0.450. The maximum atomic E-state index is 5.78. The molecular formula is C18H29N3O. The standard InChI is InChI=1S/C18H29N3O/c1-15(13-22-14-16-8-4-3-5-9-16)12-20-18(19-2)21-17-10-6-7-11-17/h3-5,8-9,15,17H,6-7,10-14H2,1-2H3,(H2,19,20,21). The van der Waals surface area contributed by atoms with Gasteiger partial charge in [0.05, 0.1) is 13.2 Å². The minimum atomic E-state index is 0.450. The molecule has 0 aliphatic heterocycles. The average Bonchev–Trinajstić information content (AvgIpc) is 3.05. The summed E-state index contributed by atoms with van der Waals surface area (Å²) in [5.41, 5.74) is 1.22. The third kappa shape index (κ3) is 6.06. The summed E-state index contributed by atoms with van der Waals surface area (Å²) in [5.74, 6) is 1.37. The van der Waals surface area contributed by atoms with Crippen molar-refractivity contribution < 1.29 is 4.74 Å². The molecule has 22 heavy (non-hydrogen) atoms. The highest BCUT2D eigenvalue weighted by molar-refractivity contribution is 5.79. The monoisotopic (exact) mass is 303 g/mol. The smallest absolute Gasteiger partial charge is 0.191 e. The van der Waals surface area contributed by atoms with Crippen LogP contribution in [0.5, 0.6) is 0 Å². The lowest BCUT2D eigenvalue weighted by atomic mass is 10.2. The first kappa shape index (κ1) is 16.8. The second kappa shape index (κ2) is 9.46. The van der Waals surface area contributed by atoms with Crippen LogP contribution in [0, 0.1) is 5.92 Å². The molecule has 1 atom stereocenters. The van der Waals surface area contributed by atoms with Crippen molar-refractivity contribution in [2.75, 3.05) is 20.2 Å². The zero-order valence-corrected chi connectivity index (χ0v) is 13.8. The Morgan fingerprint density at radius 2 is 2.00 bits per heavy atom. The quantitative estimate of drug-likeness (QED) is 0.601. The molecule has 1 fully saturated rings. The van der Waals surface area contributed by atoms with Crippen molar-refractivity contribution in [2.24, 2.45) is 10.9 Å². The number of rotatable bonds is 7. The number of ether oxygens (including phenoxy) is 1. The van der Waals surface area contributed by atoms with E-state index in [1.165, 1.54) is 31.2 Å². The summed E-state index contributed by atoms with van der Waals surface area (Å²) in [6.45, 7) is 4.50. The van der Waals surface area contributed by atoms with Gasteiger partial charge in [-0.05, 0) is 24.3 Å². The molecule has 0 aromatic heterocycles. The van der Waals surface area contributed by atoms with E-state index in [1.54, 1.807) is 0 Å². The summed E-state index contributed by atoms with van der Waals surface area (Å²) in [4.78, 5) is 4.30. The van der Waals surface area contributed by atoms with Crippen molar-refractivity contribution in [3.05, 3.63) is 35.9 Å². The molecule has 1 aliphatic carbocycles. The first-order valence-electron chi connectivity index (χ1n) is 8.36. The summed E-state index contributed by atoms with van der Waals surface area (Å²) < 4.78 is 5.78. The van der Waals surface area contributed by atoms with Gasteiger partial charge in [-0.2, -0.15) is 0 Å². The third-order valence-electron chi connectivity index (χ3n) is 4.05. The molecule has 4 nitrogen and oxygen atoms in total. The molecule has 2 N–H and O–H groups in total. The summed E-state index contributed by atoms with van der Waals surface area (Å²) in [5, 5.41) is 6.90. The lowest BCUT2D eigenvalue weighted by molar-refractivity contribution is 0.0931. The molecule has 0 saturated heterocycles. The predicted octanol–water partition coefficient (Wildman–Crippen LogP) is 2.95. The number of nitrogens with zero attached hydrogens (tertiary/aromatic N) is 1. The van der Waals surface area contributed by atoms with Gasteiger partial charge in [0, 0.05) is 19.6 Å². The van der Waals surface area contributed by atoms with Crippen LogP contribution in [0.3, 0.4) is 0 Å². The van der Waals surface area contributed by atoms with Crippen LogP contribution < -0.4 is 10.6 Å². The molecule has 122 valence electrons. The Kier molecular flexibility index (Phi) is 7.23. The van der Waals surface area contributed by atoms with E-state index in [-0.39, 0.29) is 0 Å². The van der Waals surface area contributed by atoms with Gasteiger partial charge < -0.3 is 15.4 Å². The molecule has 0 bridgehead atoms. The summed E-state index contributed by atoms with van der Waals surface area (Å²) in [7, 11) is 1.83. The Morgan fingerprint density at radius 3 is 2.68 bits per heavy atom. The Morgan fingerprint density at radius 1 is 1.27 bits per heavy atom. The van der Waals surface area contributed by atoms with E-state index < -0.39 is 0 Å². The predicted molar refractivity (Wildman–Crippen MR) is 92.0 cm³/mol. The normalized spacial score (nSPS) is 17.5. The van der Waals surface area contributed by atoms with Gasteiger partial charge in [-0.25, -0.2) is 0 Å². The molecule has 0 amide bonds. The molecule has 1 unspecified atom stereocenters. The number of guanidine groups is 1. The van der Waals surface area contributed by atoms with Crippen molar-refractivity contribution in [3.8, 4) is 0 Å². The summed E-state index contributed by atoms with van der Waals surface area (Å²) in [6.07, 6.45) is 5.18. The molecule has 0 heterocycles. The number of benzene rings is 1. The second-order valence-corrected chi connectivity index (χ2v) is 6.18. The average molecular weight is 303 g/mol. The van der Waals surface area contributed by atoms with Gasteiger partial charge in [0.25, 0.3) is 0 Å². The van der Waals surface area contributed by atoms with E-state index in [4.69, 9.17) is 4.74 Å². The van der Waals surface area contributed by atoms with Crippen LogP contribution in [-0.2, 0) is 11.3 Å². The highest BCUT2D eigenvalue weighted by Gasteiger charge is 2.16. The lowest BCUT2D eigenvalue weighted by Gasteiger charge is -2.19. The molecule has 0 spiro atoms.